The van der Waals surface area contributed by atoms with Gasteiger partial charge in [-0.2, -0.15) is 5.26 Å². The number of rotatable bonds is 3. The molecule has 0 saturated carbocycles. The lowest BCUT2D eigenvalue weighted by Gasteiger charge is -2.42. The second kappa shape index (κ2) is 6.61. The summed E-state index contributed by atoms with van der Waals surface area (Å²) in [5.41, 5.74) is 7.12. The van der Waals surface area contributed by atoms with E-state index < -0.39 is 11.1 Å². The topological polar surface area (TPSA) is 101 Å². The molecule has 7 nitrogen and oxygen atoms in total. The van der Waals surface area contributed by atoms with Crippen molar-refractivity contribution >= 4 is 11.9 Å². The Morgan fingerprint density at radius 1 is 1.31 bits per heavy atom. The monoisotopic (exact) mass is 390 g/mol. The van der Waals surface area contributed by atoms with E-state index in [4.69, 9.17) is 15.2 Å². The fourth-order valence-electron chi connectivity index (χ4n) is 4.20. The van der Waals surface area contributed by atoms with Crippen molar-refractivity contribution in [2.75, 3.05) is 20.8 Å². The van der Waals surface area contributed by atoms with Gasteiger partial charge in [0.2, 0.25) is 0 Å². The van der Waals surface area contributed by atoms with Gasteiger partial charge in [-0.1, -0.05) is 18.2 Å². The van der Waals surface area contributed by atoms with Crippen LogP contribution in [0.1, 0.15) is 24.5 Å². The van der Waals surface area contributed by atoms with Crippen molar-refractivity contribution in [2.45, 2.75) is 24.5 Å². The van der Waals surface area contributed by atoms with Crippen LogP contribution < -0.4 is 10.5 Å². The number of hydrogen-bond acceptors (Lipinski definition) is 6. The molecule has 2 heterocycles. The maximum absolute atomic E-state index is 13.3. The smallest absolute Gasteiger partial charge is 0.261 e. The van der Waals surface area contributed by atoms with Gasteiger partial charge >= 0.3 is 0 Å². The number of carbonyl (C=O) groups is 1. The minimum Gasteiger partial charge on any atom is -0.485 e. The number of nitrogens with two attached hydrogens (primary N) is 1. The summed E-state index contributed by atoms with van der Waals surface area (Å²) >= 11 is 0. The summed E-state index contributed by atoms with van der Waals surface area (Å²) in [4.78, 5) is 19.3. The normalized spacial score (nSPS) is 25.4. The van der Waals surface area contributed by atoms with Crippen molar-refractivity contribution in [3.63, 3.8) is 0 Å². The predicted octanol–water partition coefficient (Wildman–Crippen LogP) is 2.39. The third kappa shape index (κ3) is 2.93. The molecule has 0 aromatic heterocycles. The summed E-state index contributed by atoms with van der Waals surface area (Å²) < 4.78 is 11.6. The van der Waals surface area contributed by atoms with E-state index >= 15 is 0 Å². The van der Waals surface area contributed by atoms with Crippen LogP contribution in [0.5, 0.6) is 5.75 Å². The van der Waals surface area contributed by atoms with Gasteiger partial charge in [-0.05, 0) is 42.3 Å². The molecule has 2 N–H and O–H groups in total. The van der Waals surface area contributed by atoms with Gasteiger partial charge in [-0.25, -0.2) is 4.99 Å². The van der Waals surface area contributed by atoms with Gasteiger partial charge in [0.05, 0.1) is 18.2 Å². The number of nitrogens with zero attached hydrogens (tertiary/aromatic N) is 3. The summed E-state index contributed by atoms with van der Waals surface area (Å²) in [6.07, 6.45) is 0.312. The second-order valence-electron chi connectivity index (χ2n) is 7.76. The van der Waals surface area contributed by atoms with E-state index in [9.17, 15) is 10.1 Å². The van der Waals surface area contributed by atoms with Gasteiger partial charge in [-0.15, -0.1) is 0 Å². The number of ether oxygens (including phenoxy) is 2. The van der Waals surface area contributed by atoms with Crippen molar-refractivity contribution in [1.29, 1.82) is 5.26 Å². The van der Waals surface area contributed by atoms with Gasteiger partial charge < -0.3 is 15.2 Å². The zero-order valence-electron chi connectivity index (χ0n) is 16.6. The van der Waals surface area contributed by atoms with Gasteiger partial charge in [0.15, 0.2) is 11.5 Å². The van der Waals surface area contributed by atoms with Gasteiger partial charge in [0, 0.05) is 26.1 Å². The molecule has 2 aliphatic heterocycles. The Balaban J connectivity index is 1.90. The predicted molar refractivity (Wildman–Crippen MR) is 108 cm³/mol. The molecular weight excluding hydrogens is 368 g/mol. The summed E-state index contributed by atoms with van der Waals surface area (Å²) in [7, 11) is 3.22. The first-order valence-corrected chi connectivity index (χ1v) is 9.28. The number of amides is 1. The minimum absolute atomic E-state index is 0.180. The fraction of sp³-hybridized carbons (Fsp3) is 0.318. The Labute approximate surface area is 169 Å². The molecule has 2 aromatic rings. The highest BCUT2D eigenvalue weighted by atomic mass is 16.5. The summed E-state index contributed by atoms with van der Waals surface area (Å²) in [6.45, 7) is 2.22. The number of aliphatic imine (C=N–C) groups is 1. The number of carbonyl (C=O) groups excluding carboxylic acids is 1. The third-order valence-corrected chi connectivity index (χ3v) is 5.49. The van der Waals surface area contributed by atoms with Gasteiger partial charge in [0.1, 0.15) is 11.4 Å². The van der Waals surface area contributed by atoms with Gasteiger partial charge in [0.25, 0.3) is 5.91 Å². The SMILES string of the molecule is COC[C@]1(C)CC2(N=C(N)N(C)C2=O)c2cc(-c3cccc(C#N)c3)ccc2O1. The lowest BCUT2D eigenvalue weighted by Crippen LogP contribution is -2.52. The Morgan fingerprint density at radius 2 is 2.07 bits per heavy atom. The molecule has 148 valence electrons. The zero-order chi connectivity index (χ0) is 20.8. The van der Waals surface area contributed by atoms with Crippen molar-refractivity contribution < 1.29 is 14.3 Å². The minimum atomic E-state index is -1.16. The lowest BCUT2D eigenvalue weighted by molar-refractivity contribution is -0.135. The highest BCUT2D eigenvalue weighted by molar-refractivity contribution is 6.07. The summed E-state index contributed by atoms with van der Waals surface area (Å²) in [6, 6.07) is 15.1. The number of nitriles is 1. The fourth-order valence-corrected chi connectivity index (χ4v) is 4.20. The van der Waals surface area contributed by atoms with Crippen LogP contribution in [0.2, 0.25) is 0 Å². The van der Waals surface area contributed by atoms with Crippen LogP contribution in [0.25, 0.3) is 11.1 Å². The van der Waals surface area contributed by atoms with Crippen molar-refractivity contribution in [3.8, 4) is 22.9 Å². The maximum Gasteiger partial charge on any atom is 0.261 e. The summed E-state index contributed by atoms with van der Waals surface area (Å²) in [5.74, 6) is 0.570. The average Bonchev–Trinajstić information content (AvgIpc) is 2.91. The maximum atomic E-state index is 13.3. The zero-order valence-corrected chi connectivity index (χ0v) is 16.6. The van der Waals surface area contributed by atoms with Gasteiger partial charge in [-0.3, -0.25) is 9.69 Å². The number of fused-ring (bicyclic) bond motifs is 2. The molecule has 0 saturated heterocycles. The molecule has 2 atom stereocenters. The average molecular weight is 390 g/mol. The Kier molecular flexibility index (Phi) is 4.32. The van der Waals surface area contributed by atoms with E-state index in [1.807, 2.05) is 43.3 Å². The van der Waals surface area contributed by atoms with Crippen LogP contribution in [0, 0.1) is 11.3 Å². The van der Waals surface area contributed by atoms with E-state index in [0.29, 0.717) is 29.9 Å². The molecule has 0 bridgehead atoms. The molecule has 1 amide bonds. The quantitative estimate of drug-likeness (QED) is 0.867. The second-order valence-corrected chi connectivity index (χ2v) is 7.76. The molecule has 2 aliphatic rings. The number of benzene rings is 2. The van der Waals surface area contributed by atoms with E-state index in [1.165, 1.54) is 4.90 Å². The van der Waals surface area contributed by atoms with E-state index in [1.54, 1.807) is 20.2 Å². The van der Waals surface area contributed by atoms with Crippen LogP contribution in [-0.4, -0.2) is 43.1 Å². The molecule has 1 spiro atoms. The third-order valence-electron chi connectivity index (χ3n) is 5.49. The van der Waals surface area contributed by atoms with Crippen LogP contribution >= 0.6 is 0 Å². The first-order chi connectivity index (χ1) is 13.8. The number of likely N-dealkylation sites (N-methyl/N-ethyl adjacent to an activating group) is 1. The van der Waals surface area contributed by atoms with Crippen molar-refractivity contribution in [1.82, 2.24) is 4.90 Å². The molecule has 4 rings (SSSR count). The Morgan fingerprint density at radius 3 is 2.72 bits per heavy atom. The highest BCUT2D eigenvalue weighted by Crippen LogP contribution is 2.50. The van der Waals surface area contributed by atoms with Crippen molar-refractivity contribution in [2.24, 2.45) is 10.7 Å². The van der Waals surface area contributed by atoms with Crippen LogP contribution in [0.3, 0.4) is 0 Å². The standard InChI is InChI=1S/C22H22N4O3/c1-21(13-28-3)12-22(19(27)26(2)20(24)25-22)17-10-16(7-8-18(17)29-21)15-6-4-5-14(9-15)11-23/h4-10H,12-13H2,1-3H3,(H2,24,25)/t21-,22?/m0/s1. The first-order valence-electron chi connectivity index (χ1n) is 9.28. The molecule has 2 aromatic carbocycles. The highest BCUT2D eigenvalue weighted by Gasteiger charge is 2.56. The summed E-state index contributed by atoms with van der Waals surface area (Å²) in [5, 5.41) is 9.21. The van der Waals surface area contributed by atoms with Crippen LogP contribution in [0.4, 0.5) is 0 Å². The van der Waals surface area contributed by atoms with Crippen LogP contribution in [0.15, 0.2) is 47.5 Å². The molecule has 7 heteroatoms. The molecule has 0 fully saturated rings. The van der Waals surface area contributed by atoms with E-state index in [-0.39, 0.29) is 11.9 Å². The van der Waals surface area contributed by atoms with E-state index in [0.717, 1.165) is 11.1 Å². The molecule has 0 aliphatic carbocycles. The molecule has 0 radical (unpaired) electrons. The van der Waals surface area contributed by atoms with Crippen molar-refractivity contribution in [3.05, 3.63) is 53.6 Å². The van der Waals surface area contributed by atoms with Crippen LogP contribution in [-0.2, 0) is 15.1 Å². The number of guanidine groups is 1. The molecule has 29 heavy (non-hydrogen) atoms. The Hall–Kier alpha value is -3.37. The lowest BCUT2D eigenvalue weighted by atomic mass is 9.76. The molecule has 1 unspecified atom stereocenters. The first kappa shape index (κ1) is 19.0. The largest absolute Gasteiger partial charge is 0.485 e. The Bertz CT molecular complexity index is 1070. The molecular formula is C22H22N4O3. The number of hydrogen-bond donors (Lipinski definition) is 1. The number of methoxy groups -OCH3 is 1. The van der Waals surface area contributed by atoms with E-state index in [2.05, 4.69) is 11.1 Å².